The van der Waals surface area contributed by atoms with Crippen LogP contribution in [0.4, 0.5) is 10.2 Å². The molecule has 7 nitrogen and oxygen atoms in total. The number of aliphatic hydroxyl groups is 1. The van der Waals surface area contributed by atoms with Crippen LogP contribution in [0.25, 0.3) is 5.76 Å². The van der Waals surface area contributed by atoms with Crippen LogP contribution in [0.15, 0.2) is 58.6 Å². The largest absolute Gasteiger partial charge is 0.507 e. The number of carbonyl (C=O) groups is 2. The first-order valence-corrected chi connectivity index (χ1v) is 9.46. The molecule has 31 heavy (non-hydrogen) atoms. The van der Waals surface area contributed by atoms with Crippen LogP contribution >= 0.6 is 0 Å². The maximum atomic E-state index is 13.5. The highest BCUT2D eigenvalue weighted by Crippen LogP contribution is 2.42. The van der Waals surface area contributed by atoms with E-state index >= 15 is 0 Å². The van der Waals surface area contributed by atoms with Crippen LogP contribution in [-0.4, -0.2) is 29.1 Å². The molecule has 0 bridgehead atoms. The van der Waals surface area contributed by atoms with Crippen molar-refractivity contribution in [2.75, 3.05) is 12.0 Å². The lowest BCUT2D eigenvalue weighted by Crippen LogP contribution is -2.29. The predicted molar refractivity (Wildman–Crippen MR) is 110 cm³/mol. The maximum absolute atomic E-state index is 13.5. The summed E-state index contributed by atoms with van der Waals surface area (Å²) in [5.41, 5.74) is 1.40. The first kappa shape index (κ1) is 20.3. The van der Waals surface area contributed by atoms with E-state index in [4.69, 9.17) is 9.26 Å². The van der Waals surface area contributed by atoms with E-state index in [1.165, 1.54) is 37.4 Å². The van der Waals surface area contributed by atoms with Gasteiger partial charge in [0.1, 0.15) is 23.1 Å². The minimum atomic E-state index is -1.01. The lowest BCUT2D eigenvalue weighted by Gasteiger charge is -2.22. The maximum Gasteiger partial charge on any atom is 0.301 e. The van der Waals surface area contributed by atoms with Crippen molar-refractivity contribution in [3.63, 3.8) is 0 Å². The summed E-state index contributed by atoms with van der Waals surface area (Å²) in [6.45, 7) is 3.45. The van der Waals surface area contributed by atoms with Crippen molar-refractivity contribution in [2.45, 2.75) is 19.9 Å². The average molecular weight is 422 g/mol. The van der Waals surface area contributed by atoms with E-state index in [1.807, 2.05) is 0 Å². The fourth-order valence-electron chi connectivity index (χ4n) is 3.68. The summed E-state index contributed by atoms with van der Waals surface area (Å²) in [4.78, 5) is 27.1. The van der Waals surface area contributed by atoms with E-state index in [9.17, 15) is 19.1 Å². The number of rotatable bonds is 4. The van der Waals surface area contributed by atoms with Gasteiger partial charge in [-0.25, -0.2) is 4.39 Å². The Hall–Kier alpha value is -3.94. The summed E-state index contributed by atoms with van der Waals surface area (Å²) in [6.07, 6.45) is 0. The smallest absolute Gasteiger partial charge is 0.301 e. The van der Waals surface area contributed by atoms with Gasteiger partial charge in [0, 0.05) is 11.6 Å². The molecule has 1 fully saturated rings. The quantitative estimate of drug-likeness (QED) is 0.387. The van der Waals surface area contributed by atoms with Gasteiger partial charge in [0.05, 0.1) is 18.7 Å². The molecular formula is C23H19FN2O5. The van der Waals surface area contributed by atoms with Crippen molar-refractivity contribution in [2.24, 2.45) is 0 Å². The van der Waals surface area contributed by atoms with E-state index in [0.29, 0.717) is 22.6 Å². The second-order valence-corrected chi connectivity index (χ2v) is 7.20. The third-order valence-corrected chi connectivity index (χ3v) is 5.16. The summed E-state index contributed by atoms with van der Waals surface area (Å²) in [6, 6.07) is 10.8. The fourth-order valence-corrected chi connectivity index (χ4v) is 3.68. The number of benzene rings is 2. The highest BCUT2D eigenvalue weighted by Gasteiger charge is 2.48. The molecule has 2 heterocycles. The molecule has 158 valence electrons. The minimum Gasteiger partial charge on any atom is -0.507 e. The molecule has 1 aliphatic heterocycles. The summed E-state index contributed by atoms with van der Waals surface area (Å²) >= 11 is 0. The molecule has 0 aliphatic carbocycles. The van der Waals surface area contributed by atoms with Gasteiger partial charge in [0.2, 0.25) is 0 Å². The summed E-state index contributed by atoms with van der Waals surface area (Å²) in [5, 5.41) is 14.9. The van der Waals surface area contributed by atoms with Crippen molar-refractivity contribution in [3.05, 3.63) is 82.4 Å². The van der Waals surface area contributed by atoms with Gasteiger partial charge < -0.3 is 14.4 Å². The zero-order valence-corrected chi connectivity index (χ0v) is 17.0. The van der Waals surface area contributed by atoms with Crippen LogP contribution in [0.2, 0.25) is 0 Å². The Labute approximate surface area is 177 Å². The monoisotopic (exact) mass is 422 g/mol. The zero-order valence-electron chi connectivity index (χ0n) is 17.0. The number of ether oxygens (including phenoxy) is 1. The molecule has 3 aromatic rings. The van der Waals surface area contributed by atoms with Crippen molar-refractivity contribution < 1.29 is 28.3 Å². The molecule has 1 aliphatic rings. The number of anilines is 1. The van der Waals surface area contributed by atoms with E-state index in [2.05, 4.69) is 5.16 Å². The zero-order chi connectivity index (χ0) is 22.3. The standard InChI is InChI=1S/C23H19FN2O5/c1-12-10-15(6-9-17(12)30-3)21(27)19-20(14-4-7-16(24)8-5-14)26(23(29)22(19)28)18-11-13(2)31-25-18/h4-11,20,27H,1-3H3/b21-19-. The normalized spacial score (nSPS) is 17.9. The number of amides is 1. The molecule has 1 N–H and O–H groups in total. The van der Waals surface area contributed by atoms with Crippen molar-refractivity contribution in [3.8, 4) is 5.75 Å². The SMILES string of the molecule is COc1ccc(/C(O)=C2/C(=O)C(=O)N(c3cc(C)on3)C2c2ccc(F)cc2)cc1C. The number of hydrogen-bond donors (Lipinski definition) is 1. The predicted octanol–water partition coefficient (Wildman–Crippen LogP) is 4.07. The Kier molecular flexibility index (Phi) is 5.06. The van der Waals surface area contributed by atoms with Gasteiger partial charge in [-0.2, -0.15) is 0 Å². The molecule has 1 amide bonds. The average Bonchev–Trinajstić information content (AvgIpc) is 3.29. The highest BCUT2D eigenvalue weighted by molar-refractivity contribution is 6.51. The van der Waals surface area contributed by atoms with Crippen molar-refractivity contribution in [1.82, 2.24) is 5.16 Å². The number of aryl methyl sites for hydroxylation is 2. The van der Waals surface area contributed by atoms with Gasteiger partial charge in [0.25, 0.3) is 5.78 Å². The Morgan fingerprint density at radius 2 is 1.84 bits per heavy atom. The molecule has 8 heteroatoms. The van der Waals surface area contributed by atoms with Gasteiger partial charge in [-0.1, -0.05) is 17.3 Å². The Morgan fingerprint density at radius 3 is 2.42 bits per heavy atom. The number of hydrogen-bond acceptors (Lipinski definition) is 6. The first-order chi connectivity index (χ1) is 14.8. The van der Waals surface area contributed by atoms with E-state index in [0.717, 1.165) is 10.5 Å². The van der Waals surface area contributed by atoms with Gasteiger partial charge in [-0.15, -0.1) is 0 Å². The lowest BCUT2D eigenvalue weighted by molar-refractivity contribution is -0.132. The summed E-state index contributed by atoms with van der Waals surface area (Å²) in [5.74, 6) is -1.37. The molecule has 1 saturated heterocycles. The van der Waals surface area contributed by atoms with Crippen LogP contribution in [0.3, 0.4) is 0 Å². The van der Waals surface area contributed by atoms with Gasteiger partial charge in [0.15, 0.2) is 5.82 Å². The Bertz CT molecular complexity index is 1210. The van der Waals surface area contributed by atoms with E-state index in [1.54, 1.807) is 32.0 Å². The van der Waals surface area contributed by atoms with E-state index < -0.39 is 23.5 Å². The number of halogens is 1. The van der Waals surface area contributed by atoms with Crippen LogP contribution in [0.1, 0.15) is 28.5 Å². The molecule has 1 unspecified atom stereocenters. The van der Waals surface area contributed by atoms with Gasteiger partial charge in [-0.05, 0) is 55.3 Å². The number of nitrogens with zero attached hydrogens (tertiary/aromatic N) is 2. The minimum absolute atomic E-state index is 0.123. The lowest BCUT2D eigenvalue weighted by atomic mass is 9.94. The van der Waals surface area contributed by atoms with Crippen molar-refractivity contribution in [1.29, 1.82) is 0 Å². The molecular weight excluding hydrogens is 403 g/mol. The summed E-state index contributed by atoms with van der Waals surface area (Å²) < 4.78 is 23.9. The van der Waals surface area contributed by atoms with Crippen LogP contribution < -0.4 is 9.64 Å². The topological polar surface area (TPSA) is 92.9 Å². The second kappa shape index (κ2) is 7.71. The van der Waals surface area contributed by atoms with E-state index in [-0.39, 0.29) is 17.2 Å². The molecule has 0 spiro atoms. The van der Waals surface area contributed by atoms with Crippen LogP contribution in [0.5, 0.6) is 5.75 Å². The fraction of sp³-hybridized carbons (Fsp3) is 0.174. The first-order valence-electron chi connectivity index (χ1n) is 9.46. The molecule has 1 atom stereocenters. The second-order valence-electron chi connectivity index (χ2n) is 7.20. The highest BCUT2D eigenvalue weighted by atomic mass is 19.1. The number of carbonyl (C=O) groups excluding carboxylic acids is 2. The molecule has 1 aromatic heterocycles. The Morgan fingerprint density at radius 1 is 1.13 bits per heavy atom. The van der Waals surface area contributed by atoms with Crippen LogP contribution in [-0.2, 0) is 9.59 Å². The number of ketones is 1. The molecule has 0 saturated carbocycles. The van der Waals surface area contributed by atoms with Crippen molar-refractivity contribution >= 4 is 23.3 Å². The Balaban J connectivity index is 1.93. The molecule has 2 aromatic carbocycles. The van der Waals surface area contributed by atoms with Gasteiger partial charge in [-0.3, -0.25) is 14.5 Å². The van der Waals surface area contributed by atoms with Gasteiger partial charge >= 0.3 is 5.91 Å². The third kappa shape index (κ3) is 3.46. The van der Waals surface area contributed by atoms with Crippen LogP contribution in [0, 0.1) is 19.7 Å². The molecule has 4 rings (SSSR count). The third-order valence-electron chi connectivity index (χ3n) is 5.16. The number of methoxy groups -OCH3 is 1. The number of aliphatic hydroxyl groups excluding tert-OH is 1. The summed E-state index contributed by atoms with van der Waals surface area (Å²) in [7, 11) is 1.53. The number of Topliss-reactive ketones (excluding diaryl/α,β-unsaturated/α-hetero) is 1. The molecule has 0 radical (unpaired) electrons. The number of aromatic nitrogens is 1.